The second-order valence-corrected chi connectivity index (χ2v) is 3.50. The van der Waals surface area contributed by atoms with E-state index in [1.807, 2.05) is 6.08 Å². The van der Waals surface area contributed by atoms with E-state index in [9.17, 15) is 0 Å². The molecule has 3 atom stereocenters. The summed E-state index contributed by atoms with van der Waals surface area (Å²) in [6.45, 7) is 6.07. The number of nitrogens with one attached hydrogen (secondary N) is 1. The van der Waals surface area contributed by atoms with E-state index in [0.29, 0.717) is 12.0 Å². The standard InChI is InChI=1S/C9H18N2/c1-3-9(11-10)8-6-4-5-7(8)2/h3,7-9,11H,1,4-6,10H2,2H3. The quantitative estimate of drug-likeness (QED) is 0.367. The van der Waals surface area contributed by atoms with Crippen LogP contribution in [0.3, 0.4) is 0 Å². The summed E-state index contributed by atoms with van der Waals surface area (Å²) in [5, 5.41) is 0. The molecule has 11 heavy (non-hydrogen) atoms. The third kappa shape index (κ3) is 1.82. The first kappa shape index (κ1) is 8.75. The van der Waals surface area contributed by atoms with Crippen LogP contribution in [0.2, 0.25) is 0 Å². The second-order valence-electron chi connectivity index (χ2n) is 3.50. The molecule has 1 aliphatic rings. The monoisotopic (exact) mass is 154 g/mol. The molecule has 1 saturated carbocycles. The Kier molecular flexibility index (Phi) is 3.09. The maximum Gasteiger partial charge on any atom is 0.0418 e. The van der Waals surface area contributed by atoms with Gasteiger partial charge in [-0.1, -0.05) is 25.8 Å². The Bertz CT molecular complexity index is 134. The Balaban J connectivity index is 2.49. The van der Waals surface area contributed by atoms with Crippen molar-refractivity contribution >= 4 is 0 Å². The van der Waals surface area contributed by atoms with Crippen LogP contribution in [0, 0.1) is 11.8 Å². The third-order valence-corrected chi connectivity index (χ3v) is 2.84. The van der Waals surface area contributed by atoms with Gasteiger partial charge < -0.3 is 0 Å². The van der Waals surface area contributed by atoms with Gasteiger partial charge in [0.15, 0.2) is 0 Å². The van der Waals surface area contributed by atoms with E-state index in [2.05, 4.69) is 18.9 Å². The van der Waals surface area contributed by atoms with Crippen molar-refractivity contribution in [3.05, 3.63) is 12.7 Å². The van der Waals surface area contributed by atoms with E-state index in [1.165, 1.54) is 19.3 Å². The Labute approximate surface area is 68.8 Å². The van der Waals surface area contributed by atoms with Crippen LogP contribution < -0.4 is 11.3 Å². The number of rotatable bonds is 3. The predicted octanol–water partition coefficient (Wildman–Crippen LogP) is 1.44. The zero-order valence-electron chi connectivity index (χ0n) is 7.22. The van der Waals surface area contributed by atoms with Crippen molar-refractivity contribution in [1.82, 2.24) is 5.43 Å². The van der Waals surface area contributed by atoms with Gasteiger partial charge in [0.05, 0.1) is 0 Å². The lowest BCUT2D eigenvalue weighted by atomic mass is 9.91. The summed E-state index contributed by atoms with van der Waals surface area (Å²) in [7, 11) is 0. The average Bonchev–Trinajstić information content (AvgIpc) is 2.40. The third-order valence-electron chi connectivity index (χ3n) is 2.84. The molecule has 0 aromatic rings. The highest BCUT2D eigenvalue weighted by Crippen LogP contribution is 2.33. The van der Waals surface area contributed by atoms with E-state index >= 15 is 0 Å². The van der Waals surface area contributed by atoms with Crippen LogP contribution >= 0.6 is 0 Å². The number of nitrogens with two attached hydrogens (primary N) is 1. The normalized spacial score (nSPS) is 33.6. The minimum absolute atomic E-state index is 0.312. The van der Waals surface area contributed by atoms with Gasteiger partial charge in [-0.15, -0.1) is 6.58 Å². The largest absolute Gasteiger partial charge is 0.271 e. The first-order valence-electron chi connectivity index (χ1n) is 4.38. The molecule has 0 saturated heterocycles. The molecule has 1 rings (SSSR count). The van der Waals surface area contributed by atoms with E-state index in [1.54, 1.807) is 0 Å². The van der Waals surface area contributed by atoms with Crippen molar-refractivity contribution in [3.8, 4) is 0 Å². The van der Waals surface area contributed by atoms with Crippen LogP contribution in [0.5, 0.6) is 0 Å². The molecular formula is C9H18N2. The fourth-order valence-electron chi connectivity index (χ4n) is 2.07. The van der Waals surface area contributed by atoms with Crippen molar-refractivity contribution in [3.63, 3.8) is 0 Å². The van der Waals surface area contributed by atoms with E-state index in [4.69, 9.17) is 5.84 Å². The molecule has 2 nitrogen and oxygen atoms in total. The van der Waals surface area contributed by atoms with Crippen LogP contribution in [-0.2, 0) is 0 Å². The molecule has 0 bridgehead atoms. The van der Waals surface area contributed by atoms with Gasteiger partial charge in [0.25, 0.3) is 0 Å². The molecule has 0 heterocycles. The Hall–Kier alpha value is -0.340. The maximum atomic E-state index is 5.40. The number of hydrogen-bond donors (Lipinski definition) is 2. The minimum Gasteiger partial charge on any atom is -0.271 e. The lowest BCUT2D eigenvalue weighted by Gasteiger charge is -2.22. The van der Waals surface area contributed by atoms with Crippen molar-refractivity contribution in [2.24, 2.45) is 17.7 Å². The SMILES string of the molecule is C=CC(NN)C1CCCC1C. The van der Waals surface area contributed by atoms with Crippen LogP contribution in [0.25, 0.3) is 0 Å². The molecule has 0 amide bonds. The molecular weight excluding hydrogens is 136 g/mol. The van der Waals surface area contributed by atoms with Gasteiger partial charge in [-0.25, -0.2) is 0 Å². The Morgan fingerprint density at radius 3 is 2.73 bits per heavy atom. The molecule has 1 aliphatic carbocycles. The first-order valence-corrected chi connectivity index (χ1v) is 4.38. The summed E-state index contributed by atoms with van der Waals surface area (Å²) in [4.78, 5) is 0. The van der Waals surface area contributed by atoms with Crippen molar-refractivity contribution < 1.29 is 0 Å². The second kappa shape index (κ2) is 3.88. The van der Waals surface area contributed by atoms with E-state index in [-0.39, 0.29) is 0 Å². The zero-order chi connectivity index (χ0) is 8.27. The molecule has 1 fully saturated rings. The Morgan fingerprint density at radius 1 is 1.64 bits per heavy atom. The molecule has 64 valence electrons. The summed E-state index contributed by atoms with van der Waals surface area (Å²) >= 11 is 0. The van der Waals surface area contributed by atoms with E-state index < -0.39 is 0 Å². The highest BCUT2D eigenvalue weighted by molar-refractivity contribution is 4.93. The molecule has 0 aliphatic heterocycles. The molecule has 0 spiro atoms. The molecule has 3 unspecified atom stereocenters. The van der Waals surface area contributed by atoms with Crippen LogP contribution in [0.15, 0.2) is 12.7 Å². The highest BCUT2D eigenvalue weighted by atomic mass is 15.2. The van der Waals surface area contributed by atoms with Gasteiger partial charge in [0, 0.05) is 6.04 Å². The summed E-state index contributed by atoms with van der Waals surface area (Å²) < 4.78 is 0. The zero-order valence-corrected chi connectivity index (χ0v) is 7.22. The van der Waals surface area contributed by atoms with Gasteiger partial charge in [-0.3, -0.25) is 11.3 Å². The molecule has 0 aromatic carbocycles. The van der Waals surface area contributed by atoms with Crippen molar-refractivity contribution in [2.45, 2.75) is 32.2 Å². The van der Waals surface area contributed by atoms with Gasteiger partial charge >= 0.3 is 0 Å². The minimum atomic E-state index is 0.312. The lowest BCUT2D eigenvalue weighted by molar-refractivity contribution is 0.341. The van der Waals surface area contributed by atoms with Crippen molar-refractivity contribution in [2.75, 3.05) is 0 Å². The van der Waals surface area contributed by atoms with Crippen molar-refractivity contribution in [1.29, 1.82) is 0 Å². The van der Waals surface area contributed by atoms with Crippen LogP contribution in [-0.4, -0.2) is 6.04 Å². The lowest BCUT2D eigenvalue weighted by Crippen LogP contribution is -2.40. The summed E-state index contributed by atoms with van der Waals surface area (Å²) in [6, 6.07) is 0.312. The van der Waals surface area contributed by atoms with Gasteiger partial charge in [0.1, 0.15) is 0 Å². The topological polar surface area (TPSA) is 38.0 Å². The van der Waals surface area contributed by atoms with Gasteiger partial charge in [-0.2, -0.15) is 0 Å². The summed E-state index contributed by atoms with van der Waals surface area (Å²) in [5.74, 6) is 6.91. The fraction of sp³-hybridized carbons (Fsp3) is 0.778. The summed E-state index contributed by atoms with van der Waals surface area (Å²) in [5.41, 5.74) is 2.81. The van der Waals surface area contributed by atoms with Crippen LogP contribution in [0.1, 0.15) is 26.2 Å². The summed E-state index contributed by atoms with van der Waals surface area (Å²) in [6.07, 6.45) is 5.91. The van der Waals surface area contributed by atoms with Crippen LogP contribution in [0.4, 0.5) is 0 Å². The maximum absolute atomic E-state index is 5.40. The molecule has 2 heteroatoms. The average molecular weight is 154 g/mol. The van der Waals surface area contributed by atoms with Gasteiger partial charge in [-0.05, 0) is 18.3 Å². The predicted molar refractivity (Wildman–Crippen MR) is 47.8 cm³/mol. The Morgan fingerprint density at radius 2 is 2.36 bits per heavy atom. The number of hydrazine groups is 1. The smallest absolute Gasteiger partial charge is 0.0418 e. The fourth-order valence-corrected chi connectivity index (χ4v) is 2.07. The highest BCUT2D eigenvalue weighted by Gasteiger charge is 2.28. The molecule has 0 aromatic heterocycles. The van der Waals surface area contributed by atoms with Gasteiger partial charge in [0.2, 0.25) is 0 Å². The number of hydrogen-bond acceptors (Lipinski definition) is 2. The first-order chi connectivity index (χ1) is 5.29. The molecule has 0 radical (unpaired) electrons. The molecule has 3 N–H and O–H groups in total. The van der Waals surface area contributed by atoms with E-state index in [0.717, 1.165) is 5.92 Å².